The third-order valence-electron chi connectivity index (χ3n) is 2.94. The highest BCUT2D eigenvalue weighted by Gasteiger charge is 2.08. The molecule has 1 rings (SSSR count). The summed E-state index contributed by atoms with van der Waals surface area (Å²) in [4.78, 5) is 2.16. The Morgan fingerprint density at radius 2 is 1.75 bits per heavy atom. The molecule has 110 valence electrons. The monoisotopic (exact) mass is 277 g/mol. The summed E-state index contributed by atoms with van der Waals surface area (Å²) in [5.41, 5.74) is 7.86. The van der Waals surface area contributed by atoms with Gasteiger partial charge in [-0.05, 0) is 32.0 Å². The molecule has 2 N–H and O–H groups in total. The van der Waals surface area contributed by atoms with Gasteiger partial charge in [0, 0.05) is 32.0 Å². The first kappa shape index (κ1) is 16.3. The van der Waals surface area contributed by atoms with Crippen LogP contribution >= 0.6 is 0 Å². The van der Waals surface area contributed by atoms with Crippen molar-refractivity contribution in [1.82, 2.24) is 0 Å². The van der Waals surface area contributed by atoms with E-state index in [-0.39, 0.29) is 0 Å². The molecule has 0 heterocycles. The number of nitriles is 1. The first-order valence-electron chi connectivity index (χ1n) is 6.93. The molecule has 0 unspecified atom stereocenters. The molecule has 0 spiro atoms. The first-order valence-corrected chi connectivity index (χ1v) is 6.93. The molecule has 0 saturated carbocycles. The molecular weight excluding hydrogens is 254 g/mol. The van der Waals surface area contributed by atoms with Crippen LogP contribution < -0.4 is 10.6 Å². The number of nitrogens with two attached hydrogens (primary N) is 1. The minimum Gasteiger partial charge on any atom is -0.398 e. The van der Waals surface area contributed by atoms with Gasteiger partial charge in [-0.1, -0.05) is 0 Å². The lowest BCUT2D eigenvalue weighted by atomic mass is 10.1. The third kappa shape index (κ3) is 5.08. The predicted molar refractivity (Wildman–Crippen MR) is 80.8 cm³/mol. The summed E-state index contributed by atoms with van der Waals surface area (Å²) in [5, 5.41) is 8.91. The summed E-state index contributed by atoms with van der Waals surface area (Å²) in [6.45, 7) is 8.21. The second-order valence-corrected chi connectivity index (χ2v) is 4.26. The van der Waals surface area contributed by atoms with E-state index in [1.807, 2.05) is 26.0 Å². The summed E-state index contributed by atoms with van der Waals surface area (Å²) < 4.78 is 10.8. The smallest absolute Gasteiger partial charge is 0.101 e. The molecule has 5 heteroatoms. The minimum atomic E-state index is 0.503. The molecule has 0 aromatic heterocycles. The van der Waals surface area contributed by atoms with Crippen molar-refractivity contribution in [2.24, 2.45) is 0 Å². The maximum atomic E-state index is 8.91. The molecule has 0 saturated heterocycles. The standard InChI is InChI=1S/C15H23N3O2/c1-3-19-9-7-18(8-10-20-4-2)14-6-5-13(12-16)15(17)11-14/h5-6,11H,3-4,7-10,17H2,1-2H3. The van der Waals surface area contributed by atoms with Gasteiger partial charge in [-0.2, -0.15) is 5.26 Å². The van der Waals surface area contributed by atoms with E-state index < -0.39 is 0 Å². The number of rotatable bonds is 9. The number of hydrogen-bond donors (Lipinski definition) is 1. The SMILES string of the molecule is CCOCCN(CCOCC)c1ccc(C#N)c(N)c1. The van der Waals surface area contributed by atoms with Crippen LogP contribution in [0, 0.1) is 11.3 Å². The zero-order chi connectivity index (χ0) is 14.8. The number of hydrogen-bond acceptors (Lipinski definition) is 5. The minimum absolute atomic E-state index is 0.503. The van der Waals surface area contributed by atoms with Crippen LogP contribution in [0.4, 0.5) is 11.4 Å². The normalized spacial score (nSPS) is 10.2. The maximum Gasteiger partial charge on any atom is 0.101 e. The second-order valence-electron chi connectivity index (χ2n) is 4.26. The molecular formula is C15H23N3O2. The molecule has 0 aliphatic rings. The van der Waals surface area contributed by atoms with Crippen LogP contribution in [0.15, 0.2) is 18.2 Å². The van der Waals surface area contributed by atoms with E-state index in [9.17, 15) is 0 Å². The number of anilines is 2. The number of benzene rings is 1. The summed E-state index contributed by atoms with van der Waals surface area (Å²) in [6.07, 6.45) is 0. The van der Waals surface area contributed by atoms with Gasteiger partial charge >= 0.3 is 0 Å². The van der Waals surface area contributed by atoms with Crippen molar-refractivity contribution in [2.45, 2.75) is 13.8 Å². The highest BCUT2D eigenvalue weighted by Crippen LogP contribution is 2.20. The Labute approximate surface area is 120 Å². The molecule has 0 aliphatic carbocycles. The largest absolute Gasteiger partial charge is 0.398 e. The molecule has 1 aromatic rings. The van der Waals surface area contributed by atoms with Crippen molar-refractivity contribution < 1.29 is 9.47 Å². The molecule has 0 atom stereocenters. The van der Waals surface area contributed by atoms with E-state index in [2.05, 4.69) is 11.0 Å². The number of nitrogens with zero attached hydrogens (tertiary/aromatic N) is 2. The average molecular weight is 277 g/mol. The van der Waals surface area contributed by atoms with Crippen LogP contribution in [0.5, 0.6) is 0 Å². The molecule has 0 fully saturated rings. The van der Waals surface area contributed by atoms with E-state index in [1.165, 1.54) is 0 Å². The highest BCUT2D eigenvalue weighted by molar-refractivity contribution is 5.63. The zero-order valence-corrected chi connectivity index (χ0v) is 12.3. The summed E-state index contributed by atoms with van der Waals surface area (Å²) in [7, 11) is 0. The summed E-state index contributed by atoms with van der Waals surface area (Å²) >= 11 is 0. The van der Waals surface area contributed by atoms with E-state index in [0.717, 1.165) is 18.8 Å². The molecule has 0 bridgehead atoms. The molecule has 0 aliphatic heterocycles. The van der Waals surface area contributed by atoms with E-state index in [4.69, 9.17) is 20.5 Å². The van der Waals surface area contributed by atoms with Gasteiger partial charge in [-0.15, -0.1) is 0 Å². The van der Waals surface area contributed by atoms with E-state index in [1.54, 1.807) is 6.07 Å². The van der Waals surface area contributed by atoms with Crippen LogP contribution in [-0.2, 0) is 9.47 Å². The van der Waals surface area contributed by atoms with Crippen molar-refractivity contribution in [3.63, 3.8) is 0 Å². The van der Waals surface area contributed by atoms with Gasteiger partial charge in [0.05, 0.1) is 24.5 Å². The van der Waals surface area contributed by atoms with E-state index >= 15 is 0 Å². The number of nitrogen functional groups attached to an aromatic ring is 1. The lowest BCUT2D eigenvalue weighted by Gasteiger charge is -2.25. The van der Waals surface area contributed by atoms with Crippen molar-refractivity contribution in [3.8, 4) is 6.07 Å². The Kier molecular flexibility index (Phi) is 7.48. The second kappa shape index (κ2) is 9.18. The molecule has 5 nitrogen and oxygen atoms in total. The molecule has 1 aromatic carbocycles. The summed E-state index contributed by atoms with van der Waals surface area (Å²) in [6, 6.07) is 7.56. The van der Waals surface area contributed by atoms with Gasteiger partial charge < -0.3 is 20.1 Å². The van der Waals surface area contributed by atoms with Crippen molar-refractivity contribution in [2.75, 3.05) is 50.2 Å². The van der Waals surface area contributed by atoms with Crippen LogP contribution in [0.2, 0.25) is 0 Å². The van der Waals surface area contributed by atoms with Gasteiger partial charge in [-0.25, -0.2) is 0 Å². The van der Waals surface area contributed by atoms with Gasteiger partial charge in [0.1, 0.15) is 6.07 Å². The van der Waals surface area contributed by atoms with Crippen molar-refractivity contribution >= 4 is 11.4 Å². The third-order valence-corrected chi connectivity index (χ3v) is 2.94. The Bertz CT molecular complexity index is 433. The molecule has 0 amide bonds. The predicted octanol–water partition coefficient (Wildman–Crippen LogP) is 2.02. The highest BCUT2D eigenvalue weighted by atomic mass is 16.5. The molecule has 20 heavy (non-hydrogen) atoms. The average Bonchev–Trinajstić information content (AvgIpc) is 2.46. The first-order chi connectivity index (χ1) is 9.72. The zero-order valence-electron chi connectivity index (χ0n) is 12.3. The lowest BCUT2D eigenvalue weighted by Crippen LogP contribution is -2.31. The van der Waals surface area contributed by atoms with Gasteiger partial charge in [-0.3, -0.25) is 0 Å². The topological polar surface area (TPSA) is 71.5 Å². The quantitative estimate of drug-likeness (QED) is 0.552. The summed E-state index contributed by atoms with van der Waals surface area (Å²) in [5.74, 6) is 0. The van der Waals surface area contributed by atoms with Crippen molar-refractivity contribution in [3.05, 3.63) is 23.8 Å². The lowest BCUT2D eigenvalue weighted by molar-refractivity contribution is 0.141. The fourth-order valence-electron chi connectivity index (χ4n) is 1.86. The van der Waals surface area contributed by atoms with Crippen LogP contribution in [0.1, 0.15) is 19.4 Å². The van der Waals surface area contributed by atoms with Crippen molar-refractivity contribution in [1.29, 1.82) is 5.26 Å². The van der Waals surface area contributed by atoms with Crippen LogP contribution in [0.3, 0.4) is 0 Å². The Morgan fingerprint density at radius 3 is 2.20 bits per heavy atom. The fourth-order valence-corrected chi connectivity index (χ4v) is 1.86. The maximum absolute atomic E-state index is 8.91. The Morgan fingerprint density at radius 1 is 1.15 bits per heavy atom. The van der Waals surface area contributed by atoms with Crippen LogP contribution in [0.25, 0.3) is 0 Å². The fraction of sp³-hybridized carbons (Fsp3) is 0.533. The molecule has 0 radical (unpaired) electrons. The van der Waals surface area contributed by atoms with Gasteiger partial charge in [0.15, 0.2) is 0 Å². The van der Waals surface area contributed by atoms with Gasteiger partial charge in [0.25, 0.3) is 0 Å². The number of ether oxygens (including phenoxy) is 2. The Balaban J connectivity index is 2.74. The Hall–Kier alpha value is -1.77. The van der Waals surface area contributed by atoms with Crippen LogP contribution in [-0.4, -0.2) is 39.5 Å². The van der Waals surface area contributed by atoms with E-state index in [0.29, 0.717) is 37.7 Å². The van der Waals surface area contributed by atoms with Gasteiger partial charge in [0.2, 0.25) is 0 Å².